The first kappa shape index (κ1) is 20.1. The van der Waals surface area contributed by atoms with Gasteiger partial charge in [0.15, 0.2) is 5.65 Å². The first-order chi connectivity index (χ1) is 14.4. The van der Waals surface area contributed by atoms with Gasteiger partial charge >= 0.3 is 0 Å². The predicted octanol–water partition coefficient (Wildman–Crippen LogP) is 4.30. The molecule has 0 saturated carbocycles. The van der Waals surface area contributed by atoms with Gasteiger partial charge in [-0.25, -0.2) is 8.42 Å². The highest BCUT2D eigenvalue weighted by Gasteiger charge is 2.29. The molecular weight excluding hydrogens is 396 g/mol. The summed E-state index contributed by atoms with van der Waals surface area (Å²) in [6.45, 7) is 6.09. The van der Waals surface area contributed by atoms with E-state index < -0.39 is 10.0 Å². The maximum absolute atomic E-state index is 13.9. The fourth-order valence-corrected chi connectivity index (χ4v) is 5.05. The van der Waals surface area contributed by atoms with Gasteiger partial charge in [-0.3, -0.25) is 8.71 Å². The SMILES string of the molecule is CCc1ccc(N(Cc2ccccc2C)S(=O)(=O)c2cccn3c(C)nnc23)cc1. The minimum Gasteiger partial charge on any atom is -0.286 e. The monoisotopic (exact) mass is 420 g/mol. The quantitative estimate of drug-likeness (QED) is 0.466. The molecule has 0 bridgehead atoms. The van der Waals surface area contributed by atoms with Crippen molar-refractivity contribution in [3.63, 3.8) is 0 Å². The molecule has 4 rings (SSSR count). The van der Waals surface area contributed by atoms with E-state index in [0.717, 1.165) is 23.1 Å². The van der Waals surface area contributed by atoms with Crippen molar-refractivity contribution in [1.82, 2.24) is 14.6 Å². The van der Waals surface area contributed by atoms with Crippen LogP contribution in [0.4, 0.5) is 5.69 Å². The van der Waals surface area contributed by atoms with Crippen molar-refractivity contribution >= 4 is 21.4 Å². The molecule has 0 aliphatic rings. The van der Waals surface area contributed by atoms with E-state index >= 15 is 0 Å². The largest absolute Gasteiger partial charge is 0.286 e. The van der Waals surface area contributed by atoms with Crippen LogP contribution in [0.3, 0.4) is 0 Å². The Morgan fingerprint density at radius 3 is 2.37 bits per heavy atom. The Morgan fingerprint density at radius 1 is 0.933 bits per heavy atom. The summed E-state index contributed by atoms with van der Waals surface area (Å²) in [6, 6.07) is 18.8. The van der Waals surface area contributed by atoms with Crippen LogP contribution in [0.1, 0.15) is 29.4 Å². The molecule has 0 N–H and O–H groups in total. The molecule has 2 heterocycles. The van der Waals surface area contributed by atoms with Gasteiger partial charge in [0.2, 0.25) is 0 Å². The Balaban J connectivity index is 1.88. The van der Waals surface area contributed by atoms with E-state index in [1.165, 1.54) is 4.31 Å². The van der Waals surface area contributed by atoms with Crippen molar-refractivity contribution in [2.45, 2.75) is 38.6 Å². The third kappa shape index (κ3) is 3.57. The lowest BCUT2D eigenvalue weighted by Crippen LogP contribution is -2.31. The third-order valence-electron chi connectivity index (χ3n) is 5.35. The maximum atomic E-state index is 13.9. The average molecular weight is 421 g/mol. The van der Waals surface area contributed by atoms with E-state index in [1.807, 2.05) is 55.5 Å². The van der Waals surface area contributed by atoms with E-state index in [1.54, 1.807) is 29.7 Å². The molecule has 2 aromatic carbocycles. The zero-order valence-electron chi connectivity index (χ0n) is 17.3. The number of hydrogen-bond acceptors (Lipinski definition) is 4. The number of benzene rings is 2. The summed E-state index contributed by atoms with van der Waals surface area (Å²) in [6.07, 6.45) is 2.66. The first-order valence-corrected chi connectivity index (χ1v) is 11.3. The lowest BCUT2D eigenvalue weighted by molar-refractivity contribution is 0.590. The van der Waals surface area contributed by atoms with Crippen LogP contribution in [-0.4, -0.2) is 23.0 Å². The Labute approximate surface area is 176 Å². The third-order valence-corrected chi connectivity index (χ3v) is 7.14. The zero-order valence-corrected chi connectivity index (χ0v) is 18.1. The van der Waals surface area contributed by atoms with Crippen LogP contribution >= 0.6 is 0 Å². The number of aryl methyl sites for hydroxylation is 3. The molecular formula is C23H24N4O2S. The molecule has 0 saturated heterocycles. The molecule has 2 aromatic heterocycles. The molecule has 4 aromatic rings. The fourth-order valence-electron chi connectivity index (χ4n) is 3.48. The van der Waals surface area contributed by atoms with E-state index in [4.69, 9.17) is 0 Å². The van der Waals surface area contributed by atoms with Crippen molar-refractivity contribution < 1.29 is 8.42 Å². The van der Waals surface area contributed by atoms with E-state index in [2.05, 4.69) is 17.1 Å². The van der Waals surface area contributed by atoms with Gasteiger partial charge in [-0.2, -0.15) is 0 Å². The number of hydrogen-bond donors (Lipinski definition) is 0. The predicted molar refractivity (Wildman–Crippen MR) is 118 cm³/mol. The molecule has 0 unspecified atom stereocenters. The van der Waals surface area contributed by atoms with Crippen LogP contribution in [0.2, 0.25) is 0 Å². The smallest absolute Gasteiger partial charge is 0.268 e. The first-order valence-electron chi connectivity index (χ1n) is 9.88. The average Bonchev–Trinajstić information content (AvgIpc) is 3.14. The van der Waals surface area contributed by atoms with Crippen LogP contribution in [0, 0.1) is 13.8 Å². The van der Waals surface area contributed by atoms with Gasteiger partial charge in [0, 0.05) is 6.20 Å². The fraction of sp³-hybridized carbons (Fsp3) is 0.217. The van der Waals surface area contributed by atoms with Crippen molar-refractivity contribution in [2.24, 2.45) is 0 Å². The zero-order chi connectivity index (χ0) is 21.3. The number of anilines is 1. The Kier molecular flexibility index (Phi) is 5.30. The van der Waals surface area contributed by atoms with Crippen LogP contribution in [0.5, 0.6) is 0 Å². The van der Waals surface area contributed by atoms with Gasteiger partial charge in [0.25, 0.3) is 10.0 Å². The standard InChI is InChI=1S/C23H24N4O2S/c1-4-19-11-13-21(14-12-19)27(16-20-9-6-5-8-17(20)2)30(28,29)22-10-7-15-26-18(3)24-25-23(22)26/h5-15H,4,16H2,1-3H3. The van der Waals surface area contributed by atoms with Gasteiger partial charge in [0.05, 0.1) is 12.2 Å². The summed E-state index contributed by atoms with van der Waals surface area (Å²) in [4.78, 5) is 0.138. The summed E-state index contributed by atoms with van der Waals surface area (Å²) in [5, 5.41) is 8.17. The Morgan fingerprint density at radius 2 is 1.67 bits per heavy atom. The summed E-state index contributed by atoms with van der Waals surface area (Å²) in [5.74, 6) is 0.639. The van der Waals surface area contributed by atoms with Crippen LogP contribution in [-0.2, 0) is 23.0 Å². The number of pyridine rings is 1. The molecule has 0 fully saturated rings. The number of sulfonamides is 1. The van der Waals surface area contributed by atoms with Gasteiger partial charge in [-0.15, -0.1) is 10.2 Å². The van der Waals surface area contributed by atoms with Gasteiger partial charge in [0.1, 0.15) is 10.7 Å². The summed E-state index contributed by atoms with van der Waals surface area (Å²) < 4.78 is 30.9. The normalized spacial score (nSPS) is 11.7. The molecule has 0 amide bonds. The van der Waals surface area contributed by atoms with Crippen LogP contribution < -0.4 is 4.31 Å². The molecule has 30 heavy (non-hydrogen) atoms. The molecule has 0 atom stereocenters. The van der Waals surface area contributed by atoms with E-state index in [0.29, 0.717) is 17.2 Å². The lowest BCUT2D eigenvalue weighted by atomic mass is 10.1. The molecule has 7 heteroatoms. The summed E-state index contributed by atoms with van der Waals surface area (Å²) in [5.41, 5.74) is 4.09. The van der Waals surface area contributed by atoms with Crippen LogP contribution in [0.15, 0.2) is 71.8 Å². The number of nitrogens with zero attached hydrogens (tertiary/aromatic N) is 4. The second kappa shape index (κ2) is 7.91. The topological polar surface area (TPSA) is 67.6 Å². The summed E-state index contributed by atoms with van der Waals surface area (Å²) >= 11 is 0. The van der Waals surface area contributed by atoms with Gasteiger partial charge < -0.3 is 0 Å². The maximum Gasteiger partial charge on any atom is 0.268 e. The highest BCUT2D eigenvalue weighted by Crippen LogP contribution is 2.29. The molecule has 0 aliphatic carbocycles. The van der Waals surface area contributed by atoms with E-state index in [9.17, 15) is 8.42 Å². The van der Waals surface area contributed by atoms with Gasteiger partial charge in [-0.1, -0.05) is 43.3 Å². The molecule has 0 radical (unpaired) electrons. The highest BCUT2D eigenvalue weighted by molar-refractivity contribution is 7.93. The van der Waals surface area contributed by atoms with Crippen molar-refractivity contribution in [3.8, 4) is 0 Å². The van der Waals surface area contributed by atoms with Crippen molar-refractivity contribution in [3.05, 3.63) is 89.4 Å². The van der Waals surface area contributed by atoms with Crippen LogP contribution in [0.25, 0.3) is 5.65 Å². The Bertz CT molecular complexity index is 1290. The van der Waals surface area contributed by atoms with E-state index in [-0.39, 0.29) is 11.4 Å². The van der Waals surface area contributed by atoms with Gasteiger partial charge in [-0.05, 0) is 61.2 Å². The van der Waals surface area contributed by atoms with Crippen molar-refractivity contribution in [2.75, 3.05) is 4.31 Å². The minimum absolute atomic E-state index is 0.138. The van der Waals surface area contributed by atoms with Crippen molar-refractivity contribution in [1.29, 1.82) is 0 Å². The number of aromatic nitrogens is 3. The highest BCUT2D eigenvalue weighted by atomic mass is 32.2. The second-order valence-electron chi connectivity index (χ2n) is 7.27. The summed E-state index contributed by atoms with van der Waals surface area (Å²) in [7, 11) is -3.89. The lowest BCUT2D eigenvalue weighted by Gasteiger charge is -2.25. The molecule has 0 aliphatic heterocycles. The number of rotatable bonds is 6. The minimum atomic E-state index is -3.89. The Hall–Kier alpha value is -3.19. The number of fused-ring (bicyclic) bond motifs is 1. The molecule has 0 spiro atoms. The molecule has 6 nitrogen and oxygen atoms in total. The molecule has 154 valence electrons. The second-order valence-corrected chi connectivity index (χ2v) is 9.10.